The lowest BCUT2D eigenvalue weighted by atomic mass is 10.1. The highest BCUT2D eigenvalue weighted by Crippen LogP contribution is 2.34. The molecule has 0 spiro atoms. The molecule has 4 rings (SSSR count). The average Bonchev–Trinajstić information content (AvgIpc) is 3.29. The number of carbonyl (C=O) groups is 1. The number of carbonyl (C=O) groups excluding carboxylic acids is 1. The molecule has 3 aromatic rings. The summed E-state index contributed by atoms with van der Waals surface area (Å²) in [5.74, 6) is 0.514. The van der Waals surface area contributed by atoms with Crippen LogP contribution in [-0.4, -0.2) is 58.6 Å². The van der Waals surface area contributed by atoms with Crippen molar-refractivity contribution in [2.45, 2.75) is 26.1 Å². The van der Waals surface area contributed by atoms with Gasteiger partial charge in [-0.1, -0.05) is 29.8 Å². The average molecular weight is 473 g/mol. The molecule has 0 radical (unpaired) electrons. The highest BCUT2D eigenvalue weighted by Gasteiger charge is 2.34. The van der Waals surface area contributed by atoms with Gasteiger partial charge >= 0.3 is 6.18 Å². The molecule has 0 bridgehead atoms. The summed E-state index contributed by atoms with van der Waals surface area (Å²) in [6, 6.07) is 12.7. The van der Waals surface area contributed by atoms with Gasteiger partial charge in [0.2, 0.25) is 17.7 Å². The number of nitrogens with one attached hydrogen (secondary N) is 1. The molecule has 1 aromatic heterocycles. The molecule has 34 heavy (non-hydrogen) atoms. The lowest BCUT2D eigenvalue weighted by Gasteiger charge is -2.36. The van der Waals surface area contributed by atoms with Crippen LogP contribution >= 0.6 is 0 Å². The number of rotatable bonds is 6. The zero-order valence-electron chi connectivity index (χ0n) is 19.0. The molecular weight excluding hydrogens is 447 g/mol. The number of para-hydroxylation sites is 1. The number of nitrogens with zero attached hydrogens (tertiary/aromatic N) is 4. The van der Waals surface area contributed by atoms with E-state index in [1.165, 1.54) is 18.2 Å². The molecule has 180 valence electrons. The number of aryl methyl sites for hydroxylation is 1. The van der Waals surface area contributed by atoms with Crippen LogP contribution in [0.15, 0.2) is 52.9 Å². The number of amides is 1. The van der Waals surface area contributed by atoms with E-state index in [0.717, 1.165) is 17.2 Å². The third-order valence-corrected chi connectivity index (χ3v) is 5.92. The van der Waals surface area contributed by atoms with Gasteiger partial charge in [0.25, 0.3) is 0 Å². The van der Waals surface area contributed by atoms with Crippen LogP contribution in [0.2, 0.25) is 0 Å². The van der Waals surface area contributed by atoms with Crippen LogP contribution < -0.4 is 5.32 Å². The van der Waals surface area contributed by atoms with E-state index in [1.807, 2.05) is 43.0 Å². The Hall–Kier alpha value is -3.24. The number of halogens is 3. The molecule has 2 heterocycles. The summed E-state index contributed by atoms with van der Waals surface area (Å²) >= 11 is 0. The van der Waals surface area contributed by atoms with E-state index in [0.29, 0.717) is 38.0 Å². The Kier molecular flexibility index (Phi) is 6.99. The number of hydrogen-bond donors (Lipinski definition) is 1. The number of aromatic nitrogens is 2. The molecule has 0 aliphatic carbocycles. The third kappa shape index (κ3) is 5.63. The lowest BCUT2D eigenvalue weighted by Crippen LogP contribution is -2.49. The van der Waals surface area contributed by atoms with Gasteiger partial charge in [0.15, 0.2) is 0 Å². The maximum atomic E-state index is 13.1. The predicted octanol–water partition coefficient (Wildman–Crippen LogP) is 4.38. The Labute approximate surface area is 195 Å². The van der Waals surface area contributed by atoms with E-state index >= 15 is 0 Å². The van der Waals surface area contributed by atoms with E-state index in [2.05, 4.69) is 20.4 Å². The van der Waals surface area contributed by atoms with Crippen molar-refractivity contribution < 1.29 is 22.4 Å². The summed E-state index contributed by atoms with van der Waals surface area (Å²) in [6.45, 7) is 6.53. The van der Waals surface area contributed by atoms with Gasteiger partial charge in [-0.25, -0.2) is 0 Å². The molecule has 1 aliphatic heterocycles. The van der Waals surface area contributed by atoms with E-state index in [9.17, 15) is 18.0 Å². The van der Waals surface area contributed by atoms with Crippen LogP contribution in [0, 0.1) is 6.92 Å². The van der Waals surface area contributed by atoms with Crippen LogP contribution in [0.3, 0.4) is 0 Å². The molecule has 10 heteroatoms. The quantitative estimate of drug-likeness (QED) is 0.573. The molecule has 1 fully saturated rings. The Morgan fingerprint density at radius 1 is 1.06 bits per heavy atom. The van der Waals surface area contributed by atoms with Gasteiger partial charge in [0.1, 0.15) is 0 Å². The van der Waals surface area contributed by atoms with Gasteiger partial charge in [-0.2, -0.15) is 13.2 Å². The molecule has 1 atom stereocenters. The monoisotopic (exact) mass is 473 g/mol. The second kappa shape index (κ2) is 9.94. The van der Waals surface area contributed by atoms with E-state index in [-0.39, 0.29) is 18.3 Å². The topological polar surface area (TPSA) is 74.5 Å². The molecular formula is C24H26F3N5O2. The standard InChI is InChI=1S/C24H26F3N5O2/c1-16-7-9-18(10-8-16)23-30-29-22(34-23)17(2)32-13-11-31(12-14-32)15-21(33)28-20-6-4-3-5-19(20)24(25,26)27/h3-10,17H,11-15H2,1-2H3,(H,28,33)/t17-/m1/s1. The smallest absolute Gasteiger partial charge is 0.418 e. The minimum absolute atomic E-state index is 0.0204. The van der Waals surface area contributed by atoms with Crippen LogP contribution in [-0.2, 0) is 11.0 Å². The number of anilines is 1. The van der Waals surface area contributed by atoms with E-state index in [4.69, 9.17) is 4.42 Å². The third-order valence-electron chi connectivity index (χ3n) is 5.92. The molecule has 1 amide bonds. The molecule has 1 N–H and O–H groups in total. The first-order valence-corrected chi connectivity index (χ1v) is 11.0. The lowest BCUT2D eigenvalue weighted by molar-refractivity contribution is -0.137. The Balaban J connectivity index is 1.30. The van der Waals surface area contributed by atoms with Gasteiger partial charge in [0, 0.05) is 31.7 Å². The maximum absolute atomic E-state index is 13.1. The van der Waals surface area contributed by atoms with Crippen LogP contribution in [0.4, 0.5) is 18.9 Å². The molecule has 1 aliphatic rings. The van der Waals surface area contributed by atoms with Crippen LogP contribution in [0.25, 0.3) is 11.5 Å². The van der Waals surface area contributed by atoms with Gasteiger partial charge in [-0.15, -0.1) is 10.2 Å². The Bertz CT molecular complexity index is 1120. The first-order chi connectivity index (χ1) is 16.2. The van der Waals surface area contributed by atoms with Crippen LogP contribution in [0.1, 0.15) is 30.0 Å². The fraction of sp³-hybridized carbons (Fsp3) is 0.375. The first kappa shape index (κ1) is 23.9. The fourth-order valence-electron chi connectivity index (χ4n) is 3.91. The Morgan fingerprint density at radius 3 is 2.41 bits per heavy atom. The predicted molar refractivity (Wildman–Crippen MR) is 121 cm³/mol. The van der Waals surface area contributed by atoms with Crippen LogP contribution in [0.5, 0.6) is 0 Å². The van der Waals surface area contributed by atoms with Crippen molar-refractivity contribution in [3.63, 3.8) is 0 Å². The molecule has 1 saturated heterocycles. The summed E-state index contributed by atoms with van der Waals surface area (Å²) in [7, 11) is 0. The largest absolute Gasteiger partial charge is 0.419 e. The molecule has 0 unspecified atom stereocenters. The van der Waals surface area contributed by atoms with E-state index in [1.54, 1.807) is 0 Å². The summed E-state index contributed by atoms with van der Waals surface area (Å²) in [4.78, 5) is 16.5. The molecule has 0 saturated carbocycles. The van der Waals surface area contributed by atoms with Gasteiger partial charge in [0.05, 0.1) is 23.8 Å². The van der Waals surface area contributed by atoms with Crippen molar-refractivity contribution in [2.24, 2.45) is 0 Å². The van der Waals surface area contributed by atoms with Gasteiger partial charge in [-0.05, 0) is 38.1 Å². The number of benzene rings is 2. The van der Waals surface area contributed by atoms with Crippen molar-refractivity contribution in [1.82, 2.24) is 20.0 Å². The van der Waals surface area contributed by atoms with Gasteiger partial charge < -0.3 is 9.73 Å². The summed E-state index contributed by atoms with van der Waals surface area (Å²) in [5.41, 5.74) is 0.923. The second-order valence-electron chi connectivity index (χ2n) is 8.39. The van der Waals surface area contributed by atoms with Crippen molar-refractivity contribution in [2.75, 3.05) is 38.0 Å². The zero-order chi connectivity index (χ0) is 24.3. The number of alkyl halides is 3. The van der Waals surface area contributed by atoms with Crippen molar-refractivity contribution >= 4 is 11.6 Å². The van der Waals surface area contributed by atoms with E-state index < -0.39 is 17.6 Å². The molecule has 7 nitrogen and oxygen atoms in total. The highest BCUT2D eigenvalue weighted by molar-refractivity contribution is 5.93. The molecule has 2 aromatic carbocycles. The first-order valence-electron chi connectivity index (χ1n) is 11.0. The SMILES string of the molecule is Cc1ccc(-c2nnc([C@@H](C)N3CCN(CC(=O)Nc4ccccc4C(F)(F)F)CC3)o2)cc1. The summed E-state index contributed by atoms with van der Waals surface area (Å²) in [6.07, 6.45) is -4.53. The number of piperazine rings is 1. The second-order valence-corrected chi connectivity index (χ2v) is 8.39. The summed E-state index contributed by atoms with van der Waals surface area (Å²) in [5, 5.41) is 10.8. The normalized spacial score (nSPS) is 16.4. The van der Waals surface area contributed by atoms with Crippen molar-refractivity contribution in [3.8, 4) is 11.5 Å². The van der Waals surface area contributed by atoms with Crippen molar-refractivity contribution in [1.29, 1.82) is 0 Å². The Morgan fingerprint density at radius 2 is 1.74 bits per heavy atom. The van der Waals surface area contributed by atoms with Gasteiger partial charge in [-0.3, -0.25) is 14.6 Å². The minimum Gasteiger partial charge on any atom is -0.419 e. The maximum Gasteiger partial charge on any atom is 0.418 e. The zero-order valence-corrected chi connectivity index (χ0v) is 19.0. The highest BCUT2D eigenvalue weighted by atomic mass is 19.4. The fourth-order valence-corrected chi connectivity index (χ4v) is 3.91. The van der Waals surface area contributed by atoms with Crippen molar-refractivity contribution in [3.05, 3.63) is 65.5 Å². The summed E-state index contributed by atoms with van der Waals surface area (Å²) < 4.78 is 45.3. The minimum atomic E-state index is -4.53. The number of hydrogen-bond acceptors (Lipinski definition) is 6.